The highest BCUT2D eigenvalue weighted by molar-refractivity contribution is 7.80. The molecule has 0 aliphatic heterocycles. The minimum atomic E-state index is -0.230. The summed E-state index contributed by atoms with van der Waals surface area (Å²) in [6, 6.07) is 13.6. The van der Waals surface area contributed by atoms with Crippen LogP contribution in [0.3, 0.4) is 0 Å². The van der Waals surface area contributed by atoms with Crippen LogP contribution in [0.15, 0.2) is 42.5 Å². The topological polar surface area (TPSA) is 54.0 Å². The van der Waals surface area contributed by atoms with E-state index in [0.717, 1.165) is 16.6 Å². The van der Waals surface area contributed by atoms with Gasteiger partial charge in [0.05, 0.1) is 10.2 Å². The largest absolute Gasteiger partial charge is 0.308 e. The first-order valence-electron chi connectivity index (χ1n) is 7.63. The Hall–Kier alpha value is -2.31. The summed E-state index contributed by atoms with van der Waals surface area (Å²) in [4.78, 5) is 16.7. The van der Waals surface area contributed by atoms with E-state index < -0.39 is 0 Å². The third-order valence-corrected chi connectivity index (χ3v) is 4.75. The molecule has 0 spiro atoms. The van der Waals surface area contributed by atoms with Crippen LogP contribution in [-0.4, -0.2) is 16.0 Å². The first kappa shape index (κ1) is 16.5. The fraction of sp³-hybridized carbons (Fsp3) is 0.167. The van der Waals surface area contributed by atoms with Crippen molar-refractivity contribution >= 4 is 49.9 Å². The van der Waals surface area contributed by atoms with E-state index in [1.54, 1.807) is 12.1 Å². The molecule has 0 bridgehead atoms. The molecule has 6 heteroatoms. The lowest BCUT2D eigenvalue weighted by Gasteiger charge is -2.07. The minimum absolute atomic E-state index is 0.230. The summed E-state index contributed by atoms with van der Waals surface area (Å²) in [5.74, 6) is -0.230. The molecule has 0 unspecified atom stereocenters. The van der Waals surface area contributed by atoms with Crippen LogP contribution < -0.4 is 10.6 Å². The van der Waals surface area contributed by atoms with Crippen LogP contribution in [0.1, 0.15) is 28.4 Å². The third kappa shape index (κ3) is 3.77. The van der Waals surface area contributed by atoms with Crippen molar-refractivity contribution in [2.24, 2.45) is 0 Å². The third-order valence-electron chi connectivity index (χ3n) is 3.62. The maximum atomic E-state index is 12.2. The van der Waals surface area contributed by atoms with E-state index in [1.807, 2.05) is 31.2 Å². The molecule has 0 saturated carbocycles. The summed E-state index contributed by atoms with van der Waals surface area (Å²) in [5.41, 5.74) is 3.87. The number of nitrogens with zero attached hydrogens (tertiary/aromatic N) is 1. The van der Waals surface area contributed by atoms with Crippen molar-refractivity contribution in [3.63, 3.8) is 0 Å². The second kappa shape index (κ2) is 7.07. The summed E-state index contributed by atoms with van der Waals surface area (Å²) in [6.45, 7) is 4.12. The van der Waals surface area contributed by atoms with Crippen LogP contribution in [0.5, 0.6) is 0 Å². The van der Waals surface area contributed by atoms with E-state index in [9.17, 15) is 4.79 Å². The number of amides is 1. The van der Waals surface area contributed by atoms with Crippen molar-refractivity contribution < 1.29 is 4.79 Å². The number of nitrogens with one attached hydrogen (secondary N) is 2. The average molecular weight is 355 g/mol. The summed E-state index contributed by atoms with van der Waals surface area (Å²) in [6.07, 6.45) is 0.943. The fourth-order valence-electron chi connectivity index (χ4n) is 2.28. The molecule has 0 atom stereocenters. The number of aromatic nitrogens is 1. The van der Waals surface area contributed by atoms with E-state index in [-0.39, 0.29) is 11.0 Å². The van der Waals surface area contributed by atoms with Crippen molar-refractivity contribution in [2.45, 2.75) is 20.3 Å². The number of fused-ring (bicyclic) bond motifs is 1. The number of aryl methyl sites for hydroxylation is 2. The molecule has 0 aliphatic rings. The van der Waals surface area contributed by atoms with Crippen LogP contribution in [0.4, 0.5) is 5.13 Å². The molecular weight excluding hydrogens is 338 g/mol. The standard InChI is InChI=1S/C18H17N3OS2/c1-3-12-5-7-13(8-6-12)16(22)20-17(23)21-18-19-14-9-4-11(2)10-15(14)24-18/h4-10H,3H2,1-2H3,(H2,19,20,21,22,23). The summed E-state index contributed by atoms with van der Waals surface area (Å²) in [5, 5.41) is 6.58. The lowest BCUT2D eigenvalue weighted by Crippen LogP contribution is -2.34. The van der Waals surface area contributed by atoms with Crippen molar-refractivity contribution in [3.05, 3.63) is 59.2 Å². The highest BCUT2D eigenvalue weighted by Gasteiger charge is 2.10. The molecule has 4 nitrogen and oxygen atoms in total. The van der Waals surface area contributed by atoms with Gasteiger partial charge in [0.1, 0.15) is 0 Å². The number of benzene rings is 2. The van der Waals surface area contributed by atoms with Gasteiger partial charge in [-0.1, -0.05) is 36.5 Å². The van der Waals surface area contributed by atoms with Crippen molar-refractivity contribution in [1.29, 1.82) is 0 Å². The Morgan fingerprint density at radius 1 is 1.21 bits per heavy atom. The van der Waals surface area contributed by atoms with Crippen LogP contribution >= 0.6 is 23.6 Å². The summed E-state index contributed by atoms with van der Waals surface area (Å²) >= 11 is 6.72. The lowest BCUT2D eigenvalue weighted by molar-refractivity contribution is 0.0977. The number of carbonyl (C=O) groups is 1. The quantitative estimate of drug-likeness (QED) is 0.688. The van der Waals surface area contributed by atoms with Crippen LogP contribution in [-0.2, 0) is 6.42 Å². The smallest absolute Gasteiger partial charge is 0.257 e. The lowest BCUT2D eigenvalue weighted by atomic mass is 10.1. The van der Waals surface area contributed by atoms with Gasteiger partial charge in [0.25, 0.3) is 5.91 Å². The zero-order chi connectivity index (χ0) is 17.1. The van der Waals surface area contributed by atoms with E-state index in [4.69, 9.17) is 12.2 Å². The number of hydrogen-bond acceptors (Lipinski definition) is 4. The molecule has 0 saturated heterocycles. The van der Waals surface area contributed by atoms with E-state index in [0.29, 0.717) is 10.7 Å². The van der Waals surface area contributed by atoms with Gasteiger partial charge in [-0.15, -0.1) is 0 Å². The van der Waals surface area contributed by atoms with Crippen LogP contribution in [0.2, 0.25) is 0 Å². The van der Waals surface area contributed by atoms with Crippen molar-refractivity contribution in [2.75, 3.05) is 5.32 Å². The Morgan fingerprint density at radius 2 is 1.96 bits per heavy atom. The normalized spacial score (nSPS) is 10.6. The molecule has 0 aliphatic carbocycles. The molecule has 0 radical (unpaired) electrons. The van der Waals surface area contributed by atoms with Gasteiger partial charge in [0.15, 0.2) is 10.2 Å². The zero-order valence-electron chi connectivity index (χ0n) is 13.4. The number of carbonyl (C=O) groups excluding carboxylic acids is 1. The molecule has 122 valence electrons. The number of rotatable bonds is 3. The molecule has 24 heavy (non-hydrogen) atoms. The van der Waals surface area contributed by atoms with Crippen LogP contribution in [0.25, 0.3) is 10.2 Å². The fourth-order valence-corrected chi connectivity index (χ4v) is 3.50. The van der Waals surface area contributed by atoms with Gasteiger partial charge in [-0.2, -0.15) is 0 Å². The Morgan fingerprint density at radius 3 is 2.67 bits per heavy atom. The molecule has 1 heterocycles. The SMILES string of the molecule is CCc1ccc(C(=O)NC(=S)Nc2nc3ccc(C)cc3s2)cc1. The Balaban J connectivity index is 1.66. The predicted molar refractivity (Wildman–Crippen MR) is 104 cm³/mol. The molecular formula is C18H17N3OS2. The maximum Gasteiger partial charge on any atom is 0.257 e. The van der Waals surface area contributed by atoms with Gasteiger partial charge in [-0.3, -0.25) is 10.1 Å². The van der Waals surface area contributed by atoms with Gasteiger partial charge < -0.3 is 5.32 Å². The van der Waals surface area contributed by atoms with Gasteiger partial charge in [0, 0.05) is 5.56 Å². The molecule has 3 rings (SSSR count). The van der Waals surface area contributed by atoms with E-state index in [1.165, 1.54) is 22.5 Å². The molecule has 3 aromatic rings. The highest BCUT2D eigenvalue weighted by atomic mass is 32.1. The Kier molecular flexibility index (Phi) is 4.87. The number of hydrogen-bond donors (Lipinski definition) is 2. The summed E-state index contributed by atoms with van der Waals surface area (Å²) in [7, 11) is 0. The average Bonchev–Trinajstić information content (AvgIpc) is 2.95. The molecule has 0 fully saturated rings. The second-order valence-electron chi connectivity index (χ2n) is 5.45. The molecule has 1 amide bonds. The van der Waals surface area contributed by atoms with Gasteiger partial charge in [-0.25, -0.2) is 4.98 Å². The van der Waals surface area contributed by atoms with Crippen LogP contribution in [0, 0.1) is 6.92 Å². The Labute approximate surface area is 149 Å². The Bertz CT molecular complexity index is 900. The molecule has 2 N–H and O–H groups in total. The van der Waals surface area contributed by atoms with E-state index in [2.05, 4.69) is 28.6 Å². The van der Waals surface area contributed by atoms with Crippen molar-refractivity contribution in [3.8, 4) is 0 Å². The van der Waals surface area contributed by atoms with Crippen molar-refractivity contribution in [1.82, 2.24) is 10.3 Å². The predicted octanol–water partition coefficient (Wildman–Crippen LogP) is 4.29. The van der Waals surface area contributed by atoms with E-state index >= 15 is 0 Å². The number of thiocarbonyl (C=S) groups is 1. The minimum Gasteiger partial charge on any atom is -0.308 e. The number of anilines is 1. The summed E-state index contributed by atoms with van der Waals surface area (Å²) < 4.78 is 1.08. The first-order valence-corrected chi connectivity index (χ1v) is 8.86. The number of thiazole rings is 1. The molecule has 1 aromatic heterocycles. The zero-order valence-corrected chi connectivity index (χ0v) is 15.1. The second-order valence-corrected chi connectivity index (χ2v) is 6.89. The van der Waals surface area contributed by atoms with Gasteiger partial charge >= 0.3 is 0 Å². The van der Waals surface area contributed by atoms with Gasteiger partial charge in [0.2, 0.25) is 0 Å². The maximum absolute atomic E-state index is 12.2. The first-order chi connectivity index (χ1) is 11.5. The highest BCUT2D eigenvalue weighted by Crippen LogP contribution is 2.26. The van der Waals surface area contributed by atoms with Gasteiger partial charge in [-0.05, 0) is 61.0 Å². The monoisotopic (exact) mass is 355 g/mol. The molecule has 2 aromatic carbocycles.